The summed E-state index contributed by atoms with van der Waals surface area (Å²) >= 11 is 1.94. The van der Waals surface area contributed by atoms with E-state index in [-0.39, 0.29) is 11.5 Å². The summed E-state index contributed by atoms with van der Waals surface area (Å²) < 4.78 is 0.647. The summed E-state index contributed by atoms with van der Waals surface area (Å²) in [5.74, 6) is -0.273. The molecule has 0 aliphatic rings. The Morgan fingerprint density at radius 1 is 1.28 bits per heavy atom. The Morgan fingerprint density at radius 2 is 2.06 bits per heavy atom. The van der Waals surface area contributed by atoms with E-state index in [1.807, 2.05) is 22.6 Å². The van der Waals surface area contributed by atoms with Gasteiger partial charge in [-0.2, -0.15) is 0 Å². The highest BCUT2D eigenvalue weighted by atomic mass is 127. The standard InChI is InChI=1S/C12H7IN2O3/c13-10-4-9(5-11(6-10)15(17)18)12(16)8-2-1-3-14-7-8/h1-7H. The fraction of sp³-hybridized carbons (Fsp3) is 0. The number of aromatic nitrogens is 1. The smallest absolute Gasteiger partial charge is 0.271 e. The predicted octanol–water partition coefficient (Wildman–Crippen LogP) is 2.83. The van der Waals surface area contributed by atoms with Crippen molar-refractivity contribution >= 4 is 34.1 Å². The molecular weight excluding hydrogens is 347 g/mol. The fourth-order valence-electron chi connectivity index (χ4n) is 1.47. The first kappa shape index (κ1) is 12.6. The van der Waals surface area contributed by atoms with Crippen molar-refractivity contribution in [1.82, 2.24) is 4.98 Å². The monoisotopic (exact) mass is 354 g/mol. The molecule has 0 aliphatic heterocycles. The summed E-state index contributed by atoms with van der Waals surface area (Å²) in [7, 11) is 0. The fourth-order valence-corrected chi connectivity index (χ4v) is 2.13. The lowest BCUT2D eigenvalue weighted by Gasteiger charge is -2.01. The largest absolute Gasteiger partial charge is 0.289 e. The number of hydrogen-bond donors (Lipinski definition) is 0. The molecule has 0 aliphatic carbocycles. The van der Waals surface area contributed by atoms with Gasteiger partial charge in [0.25, 0.3) is 5.69 Å². The minimum Gasteiger partial charge on any atom is -0.289 e. The van der Waals surface area contributed by atoms with Crippen molar-refractivity contribution in [2.24, 2.45) is 0 Å². The van der Waals surface area contributed by atoms with Crippen LogP contribution in [0.2, 0.25) is 0 Å². The summed E-state index contributed by atoms with van der Waals surface area (Å²) in [6.45, 7) is 0. The first-order valence-corrected chi connectivity index (χ1v) is 6.05. The molecule has 2 rings (SSSR count). The highest BCUT2D eigenvalue weighted by Crippen LogP contribution is 2.20. The van der Waals surface area contributed by atoms with Crippen LogP contribution in [0.4, 0.5) is 5.69 Å². The van der Waals surface area contributed by atoms with Gasteiger partial charge in [-0.15, -0.1) is 0 Å². The minimum absolute atomic E-state index is 0.0888. The van der Waals surface area contributed by atoms with Crippen molar-refractivity contribution in [3.05, 3.63) is 67.5 Å². The van der Waals surface area contributed by atoms with Crippen molar-refractivity contribution in [2.45, 2.75) is 0 Å². The Labute approximate surface area is 116 Å². The zero-order valence-corrected chi connectivity index (χ0v) is 11.2. The summed E-state index contributed by atoms with van der Waals surface area (Å²) in [4.78, 5) is 26.2. The summed E-state index contributed by atoms with van der Waals surface area (Å²) in [6.07, 6.45) is 3.00. The van der Waals surface area contributed by atoms with E-state index in [2.05, 4.69) is 4.98 Å². The average molecular weight is 354 g/mol. The molecule has 0 spiro atoms. The molecular formula is C12H7IN2O3. The second-order valence-electron chi connectivity index (χ2n) is 3.53. The van der Waals surface area contributed by atoms with Crippen LogP contribution in [-0.4, -0.2) is 15.7 Å². The molecule has 1 aromatic heterocycles. The number of carbonyl (C=O) groups is 1. The second-order valence-corrected chi connectivity index (χ2v) is 4.77. The van der Waals surface area contributed by atoms with Gasteiger partial charge in [0, 0.05) is 39.2 Å². The molecule has 0 radical (unpaired) electrons. The number of non-ortho nitro benzene ring substituents is 1. The lowest BCUT2D eigenvalue weighted by Crippen LogP contribution is -2.03. The van der Waals surface area contributed by atoms with Gasteiger partial charge in [0.1, 0.15) is 0 Å². The molecule has 5 nitrogen and oxygen atoms in total. The van der Waals surface area contributed by atoms with Crippen LogP contribution < -0.4 is 0 Å². The number of pyridine rings is 1. The van der Waals surface area contributed by atoms with Gasteiger partial charge >= 0.3 is 0 Å². The van der Waals surface area contributed by atoms with Crippen LogP contribution in [0.3, 0.4) is 0 Å². The maximum Gasteiger partial charge on any atom is 0.271 e. The summed E-state index contributed by atoms with van der Waals surface area (Å²) in [5.41, 5.74) is 0.615. The summed E-state index contributed by atoms with van der Waals surface area (Å²) in [5, 5.41) is 10.7. The zero-order valence-electron chi connectivity index (χ0n) is 9.04. The van der Waals surface area contributed by atoms with Gasteiger partial charge in [-0.05, 0) is 40.8 Å². The number of halogens is 1. The lowest BCUT2D eigenvalue weighted by atomic mass is 10.0. The van der Waals surface area contributed by atoms with Gasteiger partial charge < -0.3 is 0 Å². The highest BCUT2D eigenvalue weighted by molar-refractivity contribution is 14.1. The molecule has 90 valence electrons. The Kier molecular flexibility index (Phi) is 3.66. The zero-order chi connectivity index (χ0) is 13.1. The molecule has 0 saturated carbocycles. The molecule has 1 heterocycles. The first-order chi connectivity index (χ1) is 8.58. The second kappa shape index (κ2) is 5.21. The molecule has 0 saturated heterocycles. The van der Waals surface area contributed by atoms with Crippen molar-refractivity contribution in [2.75, 3.05) is 0 Å². The number of nitro benzene ring substituents is 1. The molecule has 0 N–H and O–H groups in total. The molecule has 6 heteroatoms. The molecule has 0 unspecified atom stereocenters. The quantitative estimate of drug-likeness (QED) is 0.368. The third kappa shape index (κ3) is 2.70. The number of nitrogens with zero attached hydrogens (tertiary/aromatic N) is 2. The van der Waals surface area contributed by atoms with Crippen LogP contribution in [0.5, 0.6) is 0 Å². The van der Waals surface area contributed by atoms with E-state index >= 15 is 0 Å². The van der Waals surface area contributed by atoms with E-state index in [9.17, 15) is 14.9 Å². The van der Waals surface area contributed by atoms with E-state index in [0.717, 1.165) is 0 Å². The molecule has 18 heavy (non-hydrogen) atoms. The molecule has 0 amide bonds. The number of nitro groups is 1. The Hall–Kier alpha value is -1.83. The maximum atomic E-state index is 12.1. The van der Waals surface area contributed by atoms with Gasteiger partial charge in [0.05, 0.1) is 4.92 Å². The topological polar surface area (TPSA) is 73.1 Å². The van der Waals surface area contributed by atoms with Crippen LogP contribution >= 0.6 is 22.6 Å². The van der Waals surface area contributed by atoms with Crippen LogP contribution in [0.25, 0.3) is 0 Å². The van der Waals surface area contributed by atoms with E-state index < -0.39 is 4.92 Å². The highest BCUT2D eigenvalue weighted by Gasteiger charge is 2.15. The Morgan fingerprint density at radius 3 is 2.67 bits per heavy atom. The van der Waals surface area contributed by atoms with Crippen LogP contribution in [0, 0.1) is 13.7 Å². The van der Waals surface area contributed by atoms with Gasteiger partial charge in [-0.3, -0.25) is 19.9 Å². The Bertz CT molecular complexity index is 614. The number of rotatable bonds is 3. The van der Waals surface area contributed by atoms with Gasteiger partial charge in [-0.25, -0.2) is 0 Å². The van der Waals surface area contributed by atoms with Crippen molar-refractivity contribution in [3.63, 3.8) is 0 Å². The van der Waals surface area contributed by atoms with Gasteiger partial charge in [-0.1, -0.05) is 0 Å². The van der Waals surface area contributed by atoms with Crippen LogP contribution in [0.15, 0.2) is 42.7 Å². The van der Waals surface area contributed by atoms with Crippen molar-refractivity contribution in [3.8, 4) is 0 Å². The molecule has 0 atom stereocenters. The number of ketones is 1. The minimum atomic E-state index is -0.512. The summed E-state index contributed by atoms with van der Waals surface area (Å²) in [6, 6.07) is 7.58. The molecule has 0 bridgehead atoms. The van der Waals surface area contributed by atoms with Crippen LogP contribution in [0.1, 0.15) is 15.9 Å². The molecule has 0 fully saturated rings. The maximum absolute atomic E-state index is 12.1. The van der Waals surface area contributed by atoms with E-state index in [1.165, 1.54) is 18.3 Å². The van der Waals surface area contributed by atoms with Gasteiger partial charge in [0.2, 0.25) is 0 Å². The van der Waals surface area contributed by atoms with E-state index in [1.54, 1.807) is 24.4 Å². The van der Waals surface area contributed by atoms with Crippen molar-refractivity contribution < 1.29 is 9.72 Å². The predicted molar refractivity (Wildman–Crippen MR) is 73.5 cm³/mol. The molecule has 1 aromatic carbocycles. The van der Waals surface area contributed by atoms with Crippen molar-refractivity contribution in [1.29, 1.82) is 0 Å². The first-order valence-electron chi connectivity index (χ1n) is 4.97. The average Bonchev–Trinajstić information content (AvgIpc) is 2.38. The van der Waals surface area contributed by atoms with Crippen LogP contribution in [-0.2, 0) is 0 Å². The number of carbonyl (C=O) groups excluding carboxylic acids is 1. The SMILES string of the molecule is O=C(c1cccnc1)c1cc(I)cc([N+](=O)[O-])c1. The van der Waals surface area contributed by atoms with E-state index in [4.69, 9.17) is 0 Å². The van der Waals surface area contributed by atoms with E-state index in [0.29, 0.717) is 14.7 Å². The number of hydrogen-bond acceptors (Lipinski definition) is 4. The third-order valence-electron chi connectivity index (χ3n) is 2.28. The molecule has 2 aromatic rings. The normalized spacial score (nSPS) is 10.1. The lowest BCUT2D eigenvalue weighted by molar-refractivity contribution is -0.385. The Balaban J connectivity index is 2.46. The number of benzene rings is 1. The van der Waals surface area contributed by atoms with Gasteiger partial charge in [0.15, 0.2) is 5.78 Å². The third-order valence-corrected chi connectivity index (χ3v) is 2.90.